The summed E-state index contributed by atoms with van der Waals surface area (Å²) < 4.78 is 27.1. The lowest BCUT2D eigenvalue weighted by Gasteiger charge is -2.48. The second-order valence-electron chi connectivity index (χ2n) is 7.90. The van der Waals surface area contributed by atoms with E-state index in [9.17, 15) is 33.3 Å². The maximum atomic E-state index is 12.8. The second-order valence-corrected chi connectivity index (χ2v) is 8.94. The summed E-state index contributed by atoms with van der Waals surface area (Å²) in [7, 11) is 0. The second kappa shape index (κ2) is 11.0. The molecule has 2 amide bonds. The number of carbonyl (C=O) groups is 3. The molecule has 0 spiro atoms. The van der Waals surface area contributed by atoms with E-state index in [0.29, 0.717) is 11.1 Å². The molecule has 2 N–H and O–H groups in total. The third-order valence-corrected chi connectivity index (χ3v) is 6.22. The Morgan fingerprint density at radius 3 is 2.37 bits per heavy atom. The van der Waals surface area contributed by atoms with Gasteiger partial charge in [0, 0.05) is 12.1 Å². The first-order chi connectivity index (χ1) is 16.6. The van der Waals surface area contributed by atoms with E-state index in [1.54, 1.807) is 30.3 Å². The van der Waals surface area contributed by atoms with Crippen LogP contribution in [0.15, 0.2) is 66.7 Å². The van der Waals surface area contributed by atoms with E-state index in [-0.39, 0.29) is 24.3 Å². The largest absolute Gasteiger partial charge is 0.459 e. The van der Waals surface area contributed by atoms with Crippen molar-refractivity contribution in [3.63, 3.8) is 0 Å². The number of amides is 2. The average Bonchev–Trinajstić information content (AvgIpc) is 2.81. The smallest absolute Gasteiger partial charge is 0.333 e. The molecule has 35 heavy (non-hydrogen) atoms. The zero-order valence-electron chi connectivity index (χ0n) is 18.7. The highest BCUT2D eigenvalue weighted by atomic mass is 32.2. The monoisotopic (exact) mass is 501 g/mol. The predicted octanol–water partition coefficient (Wildman–Crippen LogP) is 1.70. The molecule has 12 heteroatoms. The number of nitrogens with zero attached hydrogens (tertiary/aromatic N) is 2. The van der Waals surface area contributed by atoms with Crippen molar-refractivity contribution in [2.24, 2.45) is 0 Å². The highest BCUT2D eigenvalue weighted by Crippen LogP contribution is 2.29. The van der Waals surface area contributed by atoms with Crippen LogP contribution in [-0.4, -0.2) is 53.8 Å². The van der Waals surface area contributed by atoms with Crippen LogP contribution in [0, 0.1) is 10.1 Å². The molecular weight excluding hydrogens is 478 g/mol. The van der Waals surface area contributed by atoms with Gasteiger partial charge in [0.2, 0.25) is 5.91 Å². The molecule has 2 aromatic carbocycles. The summed E-state index contributed by atoms with van der Waals surface area (Å²) >= 11 is -2.59. The number of hydrogen-bond acceptors (Lipinski definition) is 7. The third kappa shape index (κ3) is 5.97. The number of likely N-dealkylation sites (tertiary alicyclic amines) is 1. The molecule has 1 aliphatic heterocycles. The summed E-state index contributed by atoms with van der Waals surface area (Å²) in [4.78, 5) is 49.1. The summed E-state index contributed by atoms with van der Waals surface area (Å²) in [5.41, 5.74) is 1.23. The van der Waals surface area contributed by atoms with Crippen LogP contribution in [0.2, 0.25) is 0 Å². The van der Waals surface area contributed by atoms with Gasteiger partial charge in [-0.25, -0.2) is 9.00 Å². The first kappa shape index (κ1) is 25.7. The summed E-state index contributed by atoms with van der Waals surface area (Å²) in [6.07, 6.45) is -0.0312. The van der Waals surface area contributed by atoms with Crippen LogP contribution in [0.3, 0.4) is 0 Å². The molecular formula is C23H23N3O8S. The number of rotatable bonds is 10. The molecule has 0 bridgehead atoms. The Labute approximate surface area is 203 Å². The Bertz CT molecular complexity index is 1170. The summed E-state index contributed by atoms with van der Waals surface area (Å²) in [6.45, 7) is 4.92. The number of non-ortho nitro benzene ring substituents is 1. The van der Waals surface area contributed by atoms with E-state index in [1.807, 2.05) is 0 Å². The van der Waals surface area contributed by atoms with E-state index >= 15 is 0 Å². The SMILES string of the molecule is C=C(C)C(C(=O)OCc1ccc([N+](=O)[O-])cc1)N1C(=O)C(NC(=O)Cc2ccccc2)C1S(=O)O. The van der Waals surface area contributed by atoms with Crippen molar-refractivity contribution in [3.05, 3.63) is 88.0 Å². The fourth-order valence-corrected chi connectivity index (χ4v) is 4.45. The van der Waals surface area contributed by atoms with Crippen molar-refractivity contribution >= 4 is 34.6 Å². The molecule has 4 atom stereocenters. The van der Waals surface area contributed by atoms with Gasteiger partial charge in [-0.3, -0.25) is 19.7 Å². The average molecular weight is 502 g/mol. The highest BCUT2D eigenvalue weighted by molar-refractivity contribution is 7.80. The van der Waals surface area contributed by atoms with Gasteiger partial charge in [-0.1, -0.05) is 36.9 Å². The number of nitrogens with one attached hydrogen (secondary N) is 1. The van der Waals surface area contributed by atoms with Gasteiger partial charge in [0.05, 0.1) is 11.3 Å². The van der Waals surface area contributed by atoms with Crippen LogP contribution in [0.1, 0.15) is 18.1 Å². The molecule has 1 fully saturated rings. The van der Waals surface area contributed by atoms with Gasteiger partial charge in [0.25, 0.3) is 11.6 Å². The van der Waals surface area contributed by atoms with Crippen molar-refractivity contribution in [1.29, 1.82) is 0 Å². The van der Waals surface area contributed by atoms with E-state index in [4.69, 9.17) is 4.74 Å². The van der Waals surface area contributed by atoms with E-state index in [1.165, 1.54) is 31.2 Å². The summed E-state index contributed by atoms with van der Waals surface area (Å²) in [5, 5.41) is 11.8. The van der Waals surface area contributed by atoms with Gasteiger partial charge in [0.1, 0.15) is 12.6 Å². The van der Waals surface area contributed by atoms with Crippen molar-refractivity contribution < 1.29 is 32.8 Å². The maximum Gasteiger partial charge on any atom is 0.333 e. The third-order valence-electron chi connectivity index (χ3n) is 5.31. The van der Waals surface area contributed by atoms with Gasteiger partial charge in [-0.2, -0.15) is 0 Å². The Morgan fingerprint density at radius 1 is 1.20 bits per heavy atom. The lowest BCUT2D eigenvalue weighted by molar-refractivity contribution is -0.384. The number of nitro benzene ring substituents is 1. The van der Waals surface area contributed by atoms with Crippen LogP contribution in [-0.2, 0) is 43.2 Å². The van der Waals surface area contributed by atoms with Crippen molar-refractivity contribution in [1.82, 2.24) is 10.2 Å². The summed E-state index contributed by atoms with van der Waals surface area (Å²) in [6, 6.07) is 11.5. The number of hydrogen-bond donors (Lipinski definition) is 2. The standard InChI is InChI=1S/C23H23N3O8S/c1-14(2)20(23(29)34-13-16-8-10-17(11-9-16)26(30)31)25-21(28)19(22(25)35(32)33)24-18(27)12-15-6-4-3-5-7-15/h3-11,19-20,22H,1,12-13H2,2H3,(H,24,27)(H,32,33). The first-order valence-electron chi connectivity index (χ1n) is 10.4. The van der Waals surface area contributed by atoms with Gasteiger partial charge in [0.15, 0.2) is 22.5 Å². The molecule has 1 heterocycles. The van der Waals surface area contributed by atoms with Crippen LogP contribution in [0.4, 0.5) is 5.69 Å². The molecule has 1 saturated heterocycles. The Morgan fingerprint density at radius 2 is 1.83 bits per heavy atom. The molecule has 3 rings (SSSR count). The van der Waals surface area contributed by atoms with Crippen molar-refractivity contribution in [2.75, 3.05) is 0 Å². The minimum Gasteiger partial charge on any atom is -0.459 e. The molecule has 11 nitrogen and oxygen atoms in total. The van der Waals surface area contributed by atoms with Gasteiger partial charge < -0.3 is 19.5 Å². The maximum absolute atomic E-state index is 12.8. The molecule has 0 saturated carbocycles. The van der Waals surface area contributed by atoms with Crippen molar-refractivity contribution in [3.8, 4) is 0 Å². The highest BCUT2D eigenvalue weighted by Gasteiger charge is 2.56. The van der Waals surface area contributed by atoms with Crippen LogP contribution in [0.25, 0.3) is 0 Å². The lowest BCUT2D eigenvalue weighted by Crippen LogP contribution is -2.75. The Kier molecular flexibility index (Phi) is 8.10. The van der Waals surface area contributed by atoms with Gasteiger partial charge >= 0.3 is 5.97 Å². The Balaban J connectivity index is 1.68. The lowest BCUT2D eigenvalue weighted by atomic mass is 9.99. The normalized spacial score (nSPS) is 18.7. The molecule has 0 aliphatic carbocycles. The minimum absolute atomic E-state index is 0.0312. The molecule has 4 unspecified atom stereocenters. The Hall–Kier alpha value is -3.90. The number of esters is 1. The quantitative estimate of drug-likeness (QED) is 0.124. The zero-order chi connectivity index (χ0) is 25.7. The first-order valence-corrected chi connectivity index (χ1v) is 11.6. The predicted molar refractivity (Wildman–Crippen MR) is 125 cm³/mol. The topological polar surface area (TPSA) is 156 Å². The van der Waals surface area contributed by atoms with Gasteiger partial charge in [-0.05, 0) is 35.8 Å². The fourth-order valence-electron chi connectivity index (χ4n) is 3.61. The van der Waals surface area contributed by atoms with E-state index in [2.05, 4.69) is 11.9 Å². The number of β-lactam (4-membered cyclic amide) rings is 1. The number of ether oxygens (including phenoxy) is 1. The molecule has 184 valence electrons. The number of nitro groups is 1. The number of benzene rings is 2. The minimum atomic E-state index is -2.59. The van der Waals surface area contributed by atoms with E-state index < -0.39 is 51.2 Å². The van der Waals surface area contributed by atoms with E-state index in [0.717, 1.165) is 4.90 Å². The van der Waals surface area contributed by atoms with Crippen LogP contribution < -0.4 is 5.32 Å². The zero-order valence-corrected chi connectivity index (χ0v) is 19.5. The van der Waals surface area contributed by atoms with Crippen molar-refractivity contribution in [2.45, 2.75) is 37.4 Å². The fraction of sp³-hybridized carbons (Fsp3) is 0.261. The molecule has 1 aliphatic rings. The van der Waals surface area contributed by atoms with Crippen LogP contribution >= 0.6 is 0 Å². The molecule has 0 aromatic heterocycles. The molecule has 0 radical (unpaired) electrons. The number of carbonyl (C=O) groups excluding carboxylic acids is 3. The summed E-state index contributed by atoms with van der Waals surface area (Å²) in [5.74, 6) is -2.13. The molecule has 2 aromatic rings. The van der Waals surface area contributed by atoms with Gasteiger partial charge in [-0.15, -0.1) is 0 Å². The van der Waals surface area contributed by atoms with Crippen LogP contribution in [0.5, 0.6) is 0 Å².